The zero-order valence-corrected chi connectivity index (χ0v) is 8.23. The molecule has 1 fully saturated rings. The molecule has 1 N–H and O–H groups in total. The third-order valence-electron chi connectivity index (χ3n) is 2.19. The number of rotatable bonds is 1. The van der Waals surface area contributed by atoms with Gasteiger partial charge in [-0.3, -0.25) is 9.69 Å². The first kappa shape index (κ1) is 9.45. The van der Waals surface area contributed by atoms with Crippen molar-refractivity contribution in [1.29, 1.82) is 0 Å². The molecular weight excluding hydrogens is 192 g/mol. The van der Waals surface area contributed by atoms with Crippen molar-refractivity contribution in [3.63, 3.8) is 0 Å². The summed E-state index contributed by atoms with van der Waals surface area (Å²) in [6, 6.07) is 8.98. The van der Waals surface area contributed by atoms with Gasteiger partial charge in [0, 0.05) is 7.05 Å². The smallest absolute Gasteiger partial charge is 0.303 e. The normalized spacial score (nSPS) is 18.5. The van der Waals surface area contributed by atoms with Crippen LogP contribution >= 0.6 is 0 Å². The Balaban J connectivity index is 2.30. The van der Waals surface area contributed by atoms with E-state index in [-0.39, 0.29) is 11.9 Å². The lowest BCUT2D eigenvalue weighted by Crippen LogP contribution is -2.25. The van der Waals surface area contributed by atoms with Crippen LogP contribution in [-0.4, -0.2) is 23.9 Å². The fraction of sp³-hybridized carbons (Fsp3) is 0.0909. The number of benzene rings is 1. The van der Waals surface area contributed by atoms with Crippen molar-refractivity contribution < 1.29 is 9.59 Å². The highest BCUT2D eigenvalue weighted by Crippen LogP contribution is 2.11. The lowest BCUT2D eigenvalue weighted by molar-refractivity contribution is -0.121. The number of hydrogen-bond acceptors (Lipinski definition) is 2. The number of carbonyl (C=O) groups is 2. The Kier molecular flexibility index (Phi) is 2.25. The molecule has 3 amide bonds. The monoisotopic (exact) mass is 202 g/mol. The molecule has 1 aliphatic heterocycles. The molecule has 0 spiro atoms. The van der Waals surface area contributed by atoms with Gasteiger partial charge in [0.15, 0.2) is 0 Å². The zero-order valence-electron chi connectivity index (χ0n) is 8.23. The van der Waals surface area contributed by atoms with Gasteiger partial charge in [0.05, 0.1) is 0 Å². The summed E-state index contributed by atoms with van der Waals surface area (Å²) in [6.45, 7) is 0. The summed E-state index contributed by atoms with van der Waals surface area (Å²) in [7, 11) is 1.45. The summed E-state index contributed by atoms with van der Waals surface area (Å²) in [5.74, 6) is -0.302. The number of nitrogens with zero attached hydrogens (tertiary/aromatic N) is 1. The van der Waals surface area contributed by atoms with Gasteiger partial charge in [-0.1, -0.05) is 30.3 Å². The van der Waals surface area contributed by atoms with E-state index in [1.165, 1.54) is 7.05 Å². The second-order valence-corrected chi connectivity index (χ2v) is 3.26. The molecule has 0 saturated carbocycles. The molecule has 0 radical (unpaired) electrons. The average molecular weight is 202 g/mol. The Hall–Kier alpha value is -2.10. The number of nitrogens with one attached hydrogen (secondary N) is 1. The highest BCUT2D eigenvalue weighted by Gasteiger charge is 2.29. The molecule has 1 aliphatic rings. The van der Waals surface area contributed by atoms with E-state index in [0.717, 1.165) is 10.5 Å². The number of hydrogen-bond donors (Lipinski definition) is 1. The number of carbonyl (C=O) groups excluding carboxylic acids is 2. The highest BCUT2D eigenvalue weighted by atomic mass is 16.2. The van der Waals surface area contributed by atoms with Gasteiger partial charge >= 0.3 is 6.03 Å². The Labute approximate surface area is 87.2 Å². The first-order valence-electron chi connectivity index (χ1n) is 4.54. The SMILES string of the molecule is CN1C(=O)NC(=Cc2ccccc2)C1=O. The van der Waals surface area contributed by atoms with Gasteiger partial charge < -0.3 is 5.32 Å². The Morgan fingerprint density at radius 2 is 1.87 bits per heavy atom. The van der Waals surface area contributed by atoms with Crippen LogP contribution in [0.5, 0.6) is 0 Å². The molecule has 1 aromatic rings. The number of amides is 3. The van der Waals surface area contributed by atoms with Crippen molar-refractivity contribution in [3.05, 3.63) is 41.6 Å². The van der Waals surface area contributed by atoms with Crippen LogP contribution in [0.3, 0.4) is 0 Å². The van der Waals surface area contributed by atoms with Gasteiger partial charge in [0.25, 0.3) is 5.91 Å². The van der Waals surface area contributed by atoms with Gasteiger partial charge in [-0.25, -0.2) is 4.79 Å². The molecule has 0 bridgehead atoms. The van der Waals surface area contributed by atoms with E-state index in [4.69, 9.17) is 0 Å². The summed E-state index contributed by atoms with van der Waals surface area (Å²) < 4.78 is 0. The third kappa shape index (κ3) is 1.74. The predicted molar refractivity (Wildman–Crippen MR) is 55.7 cm³/mol. The molecule has 4 nitrogen and oxygen atoms in total. The molecule has 76 valence electrons. The van der Waals surface area contributed by atoms with E-state index < -0.39 is 0 Å². The summed E-state index contributed by atoms with van der Waals surface area (Å²) in [5.41, 5.74) is 1.20. The minimum atomic E-state index is -0.387. The topological polar surface area (TPSA) is 49.4 Å². The third-order valence-corrected chi connectivity index (χ3v) is 2.19. The molecular formula is C11H10N2O2. The second kappa shape index (κ2) is 3.57. The molecule has 2 rings (SSSR count). The fourth-order valence-corrected chi connectivity index (χ4v) is 1.34. The van der Waals surface area contributed by atoms with Gasteiger partial charge in [-0.05, 0) is 11.6 Å². The van der Waals surface area contributed by atoms with Crippen LogP contribution in [0.25, 0.3) is 6.08 Å². The fourth-order valence-electron chi connectivity index (χ4n) is 1.34. The largest absolute Gasteiger partial charge is 0.328 e. The molecule has 1 heterocycles. The average Bonchev–Trinajstić information content (AvgIpc) is 2.48. The van der Waals surface area contributed by atoms with E-state index in [1.54, 1.807) is 6.08 Å². The number of urea groups is 1. The van der Waals surface area contributed by atoms with Gasteiger partial charge in [0.2, 0.25) is 0 Å². The number of likely N-dealkylation sites (N-methyl/N-ethyl adjacent to an activating group) is 1. The minimum Gasteiger partial charge on any atom is -0.303 e. The lowest BCUT2D eigenvalue weighted by Gasteiger charge is -1.99. The summed E-state index contributed by atoms with van der Waals surface area (Å²) in [6.07, 6.45) is 1.66. The van der Waals surface area contributed by atoms with Crippen molar-refractivity contribution in [2.45, 2.75) is 0 Å². The number of imide groups is 1. The van der Waals surface area contributed by atoms with Crippen LogP contribution in [0.1, 0.15) is 5.56 Å². The summed E-state index contributed by atoms with van der Waals surface area (Å²) >= 11 is 0. The second-order valence-electron chi connectivity index (χ2n) is 3.26. The summed E-state index contributed by atoms with van der Waals surface area (Å²) in [5, 5.41) is 2.50. The predicted octanol–water partition coefficient (Wildman–Crippen LogP) is 1.21. The molecule has 4 heteroatoms. The van der Waals surface area contributed by atoms with E-state index in [1.807, 2.05) is 30.3 Å². The molecule has 15 heavy (non-hydrogen) atoms. The Morgan fingerprint density at radius 1 is 1.20 bits per heavy atom. The maximum atomic E-state index is 11.5. The van der Waals surface area contributed by atoms with Gasteiger partial charge in [-0.15, -0.1) is 0 Å². The van der Waals surface area contributed by atoms with E-state index in [2.05, 4.69) is 5.32 Å². The summed E-state index contributed by atoms with van der Waals surface area (Å²) in [4.78, 5) is 23.7. The molecule has 0 atom stereocenters. The van der Waals surface area contributed by atoms with Crippen LogP contribution in [0.2, 0.25) is 0 Å². The van der Waals surface area contributed by atoms with Crippen molar-refractivity contribution in [3.8, 4) is 0 Å². The van der Waals surface area contributed by atoms with E-state index >= 15 is 0 Å². The van der Waals surface area contributed by atoms with Crippen LogP contribution in [-0.2, 0) is 4.79 Å². The molecule has 1 aromatic carbocycles. The van der Waals surface area contributed by atoms with Crippen molar-refractivity contribution >= 4 is 18.0 Å². The van der Waals surface area contributed by atoms with Crippen molar-refractivity contribution in [2.75, 3.05) is 7.05 Å². The standard InChI is InChI=1S/C11H10N2O2/c1-13-10(14)9(12-11(13)15)7-8-5-3-2-4-6-8/h2-7H,1H3,(H,12,15). The minimum absolute atomic E-state index is 0.302. The van der Waals surface area contributed by atoms with Crippen molar-refractivity contribution in [1.82, 2.24) is 10.2 Å². The maximum absolute atomic E-state index is 11.5. The lowest BCUT2D eigenvalue weighted by atomic mass is 10.2. The molecule has 0 aromatic heterocycles. The Morgan fingerprint density at radius 3 is 2.40 bits per heavy atom. The van der Waals surface area contributed by atoms with Crippen LogP contribution < -0.4 is 5.32 Å². The van der Waals surface area contributed by atoms with Gasteiger partial charge in [0.1, 0.15) is 5.70 Å². The van der Waals surface area contributed by atoms with Crippen LogP contribution in [0, 0.1) is 0 Å². The van der Waals surface area contributed by atoms with Crippen LogP contribution in [0.15, 0.2) is 36.0 Å². The molecule has 0 aliphatic carbocycles. The van der Waals surface area contributed by atoms with E-state index in [9.17, 15) is 9.59 Å². The maximum Gasteiger partial charge on any atom is 0.328 e. The Bertz CT molecular complexity index is 437. The first-order valence-corrected chi connectivity index (χ1v) is 4.54. The quantitative estimate of drug-likeness (QED) is 0.549. The zero-order chi connectivity index (χ0) is 10.8. The van der Waals surface area contributed by atoms with Crippen LogP contribution in [0.4, 0.5) is 4.79 Å². The van der Waals surface area contributed by atoms with Gasteiger partial charge in [-0.2, -0.15) is 0 Å². The molecule has 1 saturated heterocycles. The van der Waals surface area contributed by atoms with E-state index in [0.29, 0.717) is 5.70 Å². The van der Waals surface area contributed by atoms with Crippen molar-refractivity contribution in [2.24, 2.45) is 0 Å². The molecule has 0 unspecified atom stereocenters. The first-order chi connectivity index (χ1) is 7.18. The highest BCUT2D eigenvalue weighted by molar-refractivity contribution is 6.13.